The second-order valence-corrected chi connectivity index (χ2v) is 3.10. The van der Waals surface area contributed by atoms with Gasteiger partial charge in [-0.3, -0.25) is 0 Å². The van der Waals surface area contributed by atoms with Gasteiger partial charge in [0.1, 0.15) is 6.07 Å². The lowest BCUT2D eigenvalue weighted by molar-refractivity contribution is 0.491. The molecular formula is C10H9F2N. The highest BCUT2D eigenvalue weighted by molar-refractivity contribution is 5.35. The van der Waals surface area contributed by atoms with E-state index in [1.807, 2.05) is 0 Å². The monoisotopic (exact) mass is 181 g/mol. The molecule has 0 aliphatic carbocycles. The summed E-state index contributed by atoms with van der Waals surface area (Å²) < 4.78 is 26.2. The van der Waals surface area contributed by atoms with Crippen LogP contribution in [0.1, 0.15) is 30.9 Å². The van der Waals surface area contributed by atoms with E-state index >= 15 is 0 Å². The Bertz CT molecular complexity index is 364. The molecule has 3 heteroatoms. The van der Waals surface area contributed by atoms with Gasteiger partial charge in [0, 0.05) is 0 Å². The summed E-state index contributed by atoms with van der Waals surface area (Å²) in [4.78, 5) is 0. The minimum atomic E-state index is -1.05. The molecule has 1 nitrogen and oxygen atoms in total. The molecule has 1 aromatic carbocycles. The van der Waals surface area contributed by atoms with Gasteiger partial charge in [-0.05, 0) is 17.5 Å². The molecule has 1 aromatic rings. The third-order valence-corrected chi connectivity index (χ3v) is 1.85. The van der Waals surface area contributed by atoms with E-state index < -0.39 is 11.6 Å². The van der Waals surface area contributed by atoms with E-state index in [0.717, 1.165) is 0 Å². The summed E-state index contributed by atoms with van der Waals surface area (Å²) >= 11 is 0. The second kappa shape index (κ2) is 3.53. The van der Waals surface area contributed by atoms with Gasteiger partial charge in [0.2, 0.25) is 0 Å². The average Bonchev–Trinajstić information content (AvgIpc) is 2.09. The smallest absolute Gasteiger partial charge is 0.176 e. The minimum Gasteiger partial charge on any atom is -0.203 e. The second-order valence-electron chi connectivity index (χ2n) is 3.10. The van der Waals surface area contributed by atoms with E-state index in [9.17, 15) is 8.78 Å². The standard InChI is InChI=1S/C10H9F2N/c1-6(2)8-4-3-7(5-13)9(11)10(8)12/h3-4,6H,1-2H3. The molecule has 0 aliphatic heterocycles. The molecule has 0 bridgehead atoms. The summed E-state index contributed by atoms with van der Waals surface area (Å²) in [5, 5.41) is 8.42. The van der Waals surface area contributed by atoms with Crippen LogP contribution in [-0.4, -0.2) is 0 Å². The van der Waals surface area contributed by atoms with Crippen molar-refractivity contribution in [1.29, 1.82) is 5.26 Å². The van der Waals surface area contributed by atoms with Gasteiger partial charge in [0.05, 0.1) is 5.56 Å². The van der Waals surface area contributed by atoms with Crippen molar-refractivity contribution in [2.45, 2.75) is 19.8 Å². The molecule has 0 aromatic heterocycles. The Morgan fingerprint density at radius 1 is 1.23 bits per heavy atom. The van der Waals surface area contributed by atoms with Crippen molar-refractivity contribution >= 4 is 0 Å². The Labute approximate surface area is 75.6 Å². The summed E-state index contributed by atoms with van der Waals surface area (Å²) in [6.45, 7) is 3.54. The van der Waals surface area contributed by atoms with Crippen molar-refractivity contribution in [3.05, 3.63) is 34.9 Å². The first-order valence-electron chi connectivity index (χ1n) is 3.96. The number of nitriles is 1. The number of hydrogen-bond acceptors (Lipinski definition) is 1. The van der Waals surface area contributed by atoms with Crippen LogP contribution in [0.4, 0.5) is 8.78 Å². The van der Waals surface area contributed by atoms with Gasteiger partial charge in [-0.1, -0.05) is 19.9 Å². The minimum absolute atomic E-state index is 0.0813. The zero-order valence-corrected chi connectivity index (χ0v) is 7.44. The lowest BCUT2D eigenvalue weighted by atomic mass is 10.0. The van der Waals surface area contributed by atoms with Gasteiger partial charge in [-0.25, -0.2) is 8.78 Å². The van der Waals surface area contributed by atoms with Crippen LogP contribution in [0, 0.1) is 23.0 Å². The summed E-state index contributed by atoms with van der Waals surface area (Å²) in [5.41, 5.74) is 0.0541. The fourth-order valence-electron chi connectivity index (χ4n) is 1.10. The zero-order chi connectivity index (χ0) is 10.0. The maximum Gasteiger partial charge on any atom is 0.176 e. The van der Waals surface area contributed by atoms with Crippen molar-refractivity contribution in [3.8, 4) is 6.07 Å². The maximum atomic E-state index is 13.2. The number of hydrogen-bond donors (Lipinski definition) is 0. The lowest BCUT2D eigenvalue weighted by Gasteiger charge is -2.07. The first-order valence-corrected chi connectivity index (χ1v) is 3.96. The number of nitrogens with zero attached hydrogens (tertiary/aromatic N) is 1. The lowest BCUT2D eigenvalue weighted by Crippen LogP contribution is -1.98. The molecule has 68 valence electrons. The summed E-state index contributed by atoms with van der Waals surface area (Å²) in [6, 6.07) is 4.33. The first-order chi connectivity index (χ1) is 6.07. The molecule has 0 fully saturated rings. The van der Waals surface area contributed by atoms with Gasteiger partial charge in [0.15, 0.2) is 11.6 Å². The van der Waals surface area contributed by atoms with Gasteiger partial charge in [-0.2, -0.15) is 5.26 Å². The molecule has 0 heterocycles. The van der Waals surface area contributed by atoms with Gasteiger partial charge in [0.25, 0.3) is 0 Å². The quantitative estimate of drug-likeness (QED) is 0.653. The van der Waals surface area contributed by atoms with E-state index in [4.69, 9.17) is 5.26 Å². The van der Waals surface area contributed by atoms with Crippen molar-refractivity contribution < 1.29 is 8.78 Å². The molecule has 0 atom stereocenters. The van der Waals surface area contributed by atoms with Crippen LogP contribution < -0.4 is 0 Å². The van der Waals surface area contributed by atoms with Crippen molar-refractivity contribution in [3.63, 3.8) is 0 Å². The van der Waals surface area contributed by atoms with Crippen LogP contribution in [0.15, 0.2) is 12.1 Å². The summed E-state index contributed by atoms with van der Waals surface area (Å²) in [6.07, 6.45) is 0. The summed E-state index contributed by atoms with van der Waals surface area (Å²) in [7, 11) is 0. The van der Waals surface area contributed by atoms with Crippen molar-refractivity contribution in [1.82, 2.24) is 0 Å². The van der Waals surface area contributed by atoms with Crippen LogP contribution in [-0.2, 0) is 0 Å². The Morgan fingerprint density at radius 2 is 1.85 bits per heavy atom. The first kappa shape index (κ1) is 9.66. The summed E-state index contributed by atoms with van der Waals surface area (Å²) in [5.74, 6) is -2.04. The molecule has 0 saturated heterocycles. The molecule has 0 saturated carbocycles. The Balaban J connectivity index is 3.33. The SMILES string of the molecule is CC(C)c1ccc(C#N)c(F)c1F. The number of benzene rings is 1. The van der Waals surface area contributed by atoms with Gasteiger partial charge >= 0.3 is 0 Å². The van der Waals surface area contributed by atoms with Crippen molar-refractivity contribution in [2.75, 3.05) is 0 Å². The fourth-order valence-corrected chi connectivity index (χ4v) is 1.10. The highest BCUT2D eigenvalue weighted by Gasteiger charge is 2.14. The molecule has 0 radical (unpaired) electrons. The molecular weight excluding hydrogens is 172 g/mol. The van der Waals surface area contributed by atoms with Crippen LogP contribution >= 0.6 is 0 Å². The predicted molar refractivity (Wildman–Crippen MR) is 45.2 cm³/mol. The molecule has 0 aliphatic rings. The van der Waals surface area contributed by atoms with Gasteiger partial charge < -0.3 is 0 Å². The van der Waals surface area contributed by atoms with E-state index in [-0.39, 0.29) is 11.5 Å². The Morgan fingerprint density at radius 3 is 2.31 bits per heavy atom. The van der Waals surface area contributed by atoms with Crippen LogP contribution in [0.5, 0.6) is 0 Å². The van der Waals surface area contributed by atoms with Crippen LogP contribution in [0.2, 0.25) is 0 Å². The fraction of sp³-hybridized carbons (Fsp3) is 0.300. The third kappa shape index (κ3) is 1.67. The van der Waals surface area contributed by atoms with E-state index in [0.29, 0.717) is 5.56 Å². The number of halogens is 2. The maximum absolute atomic E-state index is 13.2. The van der Waals surface area contributed by atoms with Crippen LogP contribution in [0.3, 0.4) is 0 Å². The molecule has 0 unspecified atom stereocenters. The Hall–Kier alpha value is -1.43. The zero-order valence-electron chi connectivity index (χ0n) is 7.44. The molecule has 0 N–H and O–H groups in total. The van der Waals surface area contributed by atoms with Crippen LogP contribution in [0.25, 0.3) is 0 Å². The third-order valence-electron chi connectivity index (χ3n) is 1.85. The molecule has 0 amide bonds. The normalized spacial score (nSPS) is 10.2. The molecule has 1 rings (SSSR count). The largest absolute Gasteiger partial charge is 0.203 e. The molecule has 0 spiro atoms. The van der Waals surface area contributed by atoms with E-state index in [1.165, 1.54) is 12.1 Å². The number of rotatable bonds is 1. The van der Waals surface area contributed by atoms with E-state index in [1.54, 1.807) is 19.9 Å². The Kier molecular flexibility index (Phi) is 2.62. The predicted octanol–water partition coefficient (Wildman–Crippen LogP) is 2.96. The average molecular weight is 181 g/mol. The molecule has 13 heavy (non-hydrogen) atoms. The van der Waals surface area contributed by atoms with Gasteiger partial charge in [-0.15, -0.1) is 0 Å². The highest BCUT2D eigenvalue weighted by Crippen LogP contribution is 2.22. The topological polar surface area (TPSA) is 23.8 Å². The van der Waals surface area contributed by atoms with E-state index in [2.05, 4.69) is 0 Å². The highest BCUT2D eigenvalue weighted by atomic mass is 19.2. The van der Waals surface area contributed by atoms with Crippen molar-refractivity contribution in [2.24, 2.45) is 0 Å².